The molecule has 5 heteroatoms. The van der Waals surface area contributed by atoms with Crippen molar-refractivity contribution in [1.82, 2.24) is 10.2 Å². The summed E-state index contributed by atoms with van der Waals surface area (Å²) in [4.78, 5) is 14.9. The van der Waals surface area contributed by atoms with E-state index in [1.165, 1.54) is 0 Å². The summed E-state index contributed by atoms with van der Waals surface area (Å²) in [6.45, 7) is 5.43. The Morgan fingerprint density at radius 1 is 1.07 bits per heavy atom. The highest BCUT2D eigenvalue weighted by atomic mass is 16.5. The zero-order valence-electron chi connectivity index (χ0n) is 16.8. The predicted molar refractivity (Wildman–Crippen MR) is 111 cm³/mol. The molecule has 0 saturated carbocycles. The Bertz CT molecular complexity index is 725. The van der Waals surface area contributed by atoms with Gasteiger partial charge in [0.2, 0.25) is 5.91 Å². The van der Waals surface area contributed by atoms with Crippen molar-refractivity contribution in [3.63, 3.8) is 0 Å². The van der Waals surface area contributed by atoms with E-state index in [2.05, 4.69) is 22.3 Å². The molecule has 28 heavy (non-hydrogen) atoms. The van der Waals surface area contributed by atoms with E-state index in [0.717, 1.165) is 49.5 Å². The Hall–Kier alpha value is -2.53. The molecule has 0 bridgehead atoms. The number of carbonyl (C=O) groups is 1. The van der Waals surface area contributed by atoms with Crippen molar-refractivity contribution in [3.8, 4) is 11.5 Å². The molecule has 3 rings (SSSR count). The van der Waals surface area contributed by atoms with E-state index in [1.807, 2.05) is 49.4 Å². The van der Waals surface area contributed by atoms with Crippen LogP contribution in [0.3, 0.4) is 0 Å². The lowest BCUT2D eigenvalue weighted by Gasteiger charge is -2.31. The van der Waals surface area contributed by atoms with E-state index in [0.29, 0.717) is 6.61 Å². The number of amides is 1. The minimum Gasteiger partial charge on any atom is -0.497 e. The first-order valence-corrected chi connectivity index (χ1v) is 10.00. The summed E-state index contributed by atoms with van der Waals surface area (Å²) in [5.41, 5.74) is 1.14. The summed E-state index contributed by atoms with van der Waals surface area (Å²) in [5.74, 6) is 1.95. The normalized spacial score (nSPS) is 16.4. The van der Waals surface area contributed by atoms with Crippen LogP contribution in [-0.2, 0) is 4.79 Å². The van der Waals surface area contributed by atoms with E-state index >= 15 is 0 Å². The lowest BCUT2D eigenvalue weighted by molar-refractivity contribution is -0.127. The minimum absolute atomic E-state index is 0.0460. The molecule has 0 radical (unpaired) electrons. The molecule has 1 saturated heterocycles. The van der Waals surface area contributed by atoms with Gasteiger partial charge in [0.05, 0.1) is 13.2 Å². The Morgan fingerprint density at radius 2 is 1.71 bits per heavy atom. The molecule has 1 aliphatic heterocycles. The van der Waals surface area contributed by atoms with Gasteiger partial charge in [-0.1, -0.05) is 30.3 Å². The fourth-order valence-electron chi connectivity index (χ4n) is 3.54. The molecule has 1 fully saturated rings. The Kier molecular flexibility index (Phi) is 7.31. The first-order valence-electron chi connectivity index (χ1n) is 10.00. The molecule has 0 spiro atoms. The average molecular weight is 383 g/mol. The van der Waals surface area contributed by atoms with Crippen LogP contribution in [0.1, 0.15) is 31.4 Å². The second kappa shape index (κ2) is 10.1. The van der Waals surface area contributed by atoms with Gasteiger partial charge in [-0.3, -0.25) is 9.69 Å². The molecule has 1 unspecified atom stereocenters. The number of ether oxygens (including phenoxy) is 2. The maximum atomic E-state index is 12.6. The molecule has 5 nitrogen and oxygen atoms in total. The van der Waals surface area contributed by atoms with Gasteiger partial charge in [-0.25, -0.2) is 0 Å². The van der Waals surface area contributed by atoms with Crippen LogP contribution in [0, 0.1) is 5.92 Å². The molecule has 2 aromatic carbocycles. The highest BCUT2D eigenvalue weighted by molar-refractivity contribution is 5.79. The number of likely N-dealkylation sites (tertiary alicyclic amines) is 1. The minimum atomic E-state index is 0.0460. The molecule has 1 atom stereocenters. The molecule has 0 aromatic heterocycles. The van der Waals surface area contributed by atoms with E-state index in [4.69, 9.17) is 9.47 Å². The third-order valence-corrected chi connectivity index (χ3v) is 5.35. The van der Waals surface area contributed by atoms with Gasteiger partial charge in [-0.05, 0) is 62.7 Å². The molecule has 2 aromatic rings. The summed E-state index contributed by atoms with van der Waals surface area (Å²) >= 11 is 0. The fourth-order valence-corrected chi connectivity index (χ4v) is 3.54. The number of piperidine rings is 1. The standard InChI is InChI=1S/C23H30N2O3/c1-18(19-6-4-3-5-7-19)24-23(26)20-12-14-25(15-13-20)16-17-28-22-10-8-21(27-2)9-11-22/h3-11,18,20H,12-17H2,1-2H3,(H,24,26). The van der Waals surface area contributed by atoms with Gasteiger partial charge in [0.15, 0.2) is 0 Å². The fraction of sp³-hybridized carbons (Fsp3) is 0.435. The van der Waals surface area contributed by atoms with Crippen LogP contribution in [-0.4, -0.2) is 44.2 Å². The van der Waals surface area contributed by atoms with Crippen LogP contribution >= 0.6 is 0 Å². The summed E-state index contributed by atoms with van der Waals surface area (Å²) < 4.78 is 11.0. The van der Waals surface area contributed by atoms with Crippen LogP contribution < -0.4 is 14.8 Å². The monoisotopic (exact) mass is 382 g/mol. The molecular weight excluding hydrogens is 352 g/mol. The van der Waals surface area contributed by atoms with Crippen molar-refractivity contribution in [1.29, 1.82) is 0 Å². The van der Waals surface area contributed by atoms with E-state index < -0.39 is 0 Å². The summed E-state index contributed by atoms with van der Waals surface area (Å²) in [6.07, 6.45) is 1.80. The lowest BCUT2D eigenvalue weighted by Crippen LogP contribution is -2.42. The third-order valence-electron chi connectivity index (χ3n) is 5.35. The quantitative estimate of drug-likeness (QED) is 0.757. The van der Waals surface area contributed by atoms with E-state index in [9.17, 15) is 4.79 Å². The van der Waals surface area contributed by atoms with Gasteiger partial charge < -0.3 is 14.8 Å². The highest BCUT2D eigenvalue weighted by Gasteiger charge is 2.25. The lowest BCUT2D eigenvalue weighted by atomic mass is 9.95. The number of rotatable bonds is 8. The van der Waals surface area contributed by atoms with E-state index in [1.54, 1.807) is 7.11 Å². The van der Waals surface area contributed by atoms with Crippen LogP contribution in [0.5, 0.6) is 11.5 Å². The maximum Gasteiger partial charge on any atom is 0.223 e. The van der Waals surface area contributed by atoms with Crippen molar-refractivity contribution in [2.45, 2.75) is 25.8 Å². The zero-order valence-corrected chi connectivity index (χ0v) is 16.8. The summed E-state index contributed by atoms with van der Waals surface area (Å²) in [5, 5.41) is 3.16. The second-order valence-electron chi connectivity index (χ2n) is 7.28. The molecular formula is C23H30N2O3. The maximum absolute atomic E-state index is 12.6. The van der Waals surface area contributed by atoms with Crippen molar-refractivity contribution in [2.75, 3.05) is 33.4 Å². The molecule has 1 heterocycles. The number of nitrogens with one attached hydrogen (secondary N) is 1. The Morgan fingerprint density at radius 3 is 2.36 bits per heavy atom. The van der Waals surface area contributed by atoms with Gasteiger partial charge in [-0.15, -0.1) is 0 Å². The molecule has 1 N–H and O–H groups in total. The largest absolute Gasteiger partial charge is 0.497 e. The molecule has 1 amide bonds. The summed E-state index contributed by atoms with van der Waals surface area (Å²) in [7, 11) is 1.65. The highest BCUT2D eigenvalue weighted by Crippen LogP contribution is 2.20. The molecule has 0 aliphatic carbocycles. The summed E-state index contributed by atoms with van der Waals surface area (Å²) in [6, 6.07) is 17.8. The number of benzene rings is 2. The number of nitrogens with zero attached hydrogens (tertiary/aromatic N) is 1. The Balaban J connectivity index is 1.36. The van der Waals surface area contributed by atoms with Crippen LogP contribution in [0.2, 0.25) is 0 Å². The Labute approximate surface area is 167 Å². The average Bonchev–Trinajstić information content (AvgIpc) is 2.75. The molecule has 1 aliphatic rings. The van der Waals surface area contributed by atoms with Gasteiger partial charge in [0.25, 0.3) is 0 Å². The van der Waals surface area contributed by atoms with Gasteiger partial charge >= 0.3 is 0 Å². The van der Waals surface area contributed by atoms with Crippen LogP contribution in [0.25, 0.3) is 0 Å². The van der Waals surface area contributed by atoms with Gasteiger partial charge in [0.1, 0.15) is 18.1 Å². The third kappa shape index (κ3) is 5.73. The van der Waals surface area contributed by atoms with Crippen LogP contribution in [0.4, 0.5) is 0 Å². The van der Waals surface area contributed by atoms with Crippen molar-refractivity contribution in [3.05, 3.63) is 60.2 Å². The van der Waals surface area contributed by atoms with Crippen molar-refractivity contribution >= 4 is 5.91 Å². The number of hydrogen-bond acceptors (Lipinski definition) is 4. The van der Waals surface area contributed by atoms with Crippen LogP contribution in [0.15, 0.2) is 54.6 Å². The smallest absolute Gasteiger partial charge is 0.223 e. The van der Waals surface area contributed by atoms with E-state index in [-0.39, 0.29) is 17.9 Å². The second-order valence-corrected chi connectivity index (χ2v) is 7.28. The molecule has 150 valence electrons. The zero-order chi connectivity index (χ0) is 19.8. The van der Waals surface area contributed by atoms with Crippen molar-refractivity contribution in [2.24, 2.45) is 5.92 Å². The predicted octanol–water partition coefficient (Wildman–Crippen LogP) is 3.66. The number of methoxy groups -OCH3 is 1. The number of carbonyl (C=O) groups excluding carboxylic acids is 1. The first kappa shape index (κ1) is 20.2. The van der Waals surface area contributed by atoms with Crippen molar-refractivity contribution < 1.29 is 14.3 Å². The van der Waals surface area contributed by atoms with Gasteiger partial charge in [-0.2, -0.15) is 0 Å². The SMILES string of the molecule is COc1ccc(OCCN2CCC(C(=O)NC(C)c3ccccc3)CC2)cc1. The number of hydrogen-bond donors (Lipinski definition) is 1. The topological polar surface area (TPSA) is 50.8 Å². The van der Waals surface area contributed by atoms with Gasteiger partial charge in [0, 0.05) is 12.5 Å². The first-order chi connectivity index (χ1) is 13.7.